The molecule has 1 N–H and O–H groups in total. The van der Waals surface area contributed by atoms with Gasteiger partial charge in [-0.2, -0.15) is 5.10 Å². The molecule has 142 valence electrons. The van der Waals surface area contributed by atoms with Crippen LogP contribution in [0, 0.1) is 11.8 Å². The fourth-order valence-corrected chi connectivity index (χ4v) is 3.89. The van der Waals surface area contributed by atoms with Crippen LogP contribution in [0.5, 0.6) is 0 Å². The highest BCUT2D eigenvalue weighted by Crippen LogP contribution is 2.41. The number of hydrogen-bond donors (Lipinski definition) is 1. The van der Waals surface area contributed by atoms with Crippen LogP contribution in [-0.4, -0.2) is 64.7 Å². The molecule has 27 heavy (non-hydrogen) atoms. The van der Waals surface area contributed by atoms with Gasteiger partial charge in [0, 0.05) is 51.1 Å². The van der Waals surface area contributed by atoms with E-state index in [0.29, 0.717) is 23.9 Å². The summed E-state index contributed by atoms with van der Waals surface area (Å²) in [7, 11) is 3.53. The van der Waals surface area contributed by atoms with Crippen molar-refractivity contribution in [2.45, 2.75) is 18.9 Å². The summed E-state index contributed by atoms with van der Waals surface area (Å²) in [4.78, 5) is 28.7. The van der Waals surface area contributed by atoms with E-state index in [4.69, 9.17) is 0 Å². The Morgan fingerprint density at radius 2 is 2.00 bits per heavy atom. The average molecular weight is 367 g/mol. The second kappa shape index (κ2) is 7.06. The Hall–Kier alpha value is -2.83. The van der Waals surface area contributed by atoms with E-state index in [1.54, 1.807) is 29.9 Å². The third-order valence-electron chi connectivity index (χ3n) is 5.44. The van der Waals surface area contributed by atoms with Crippen molar-refractivity contribution in [3.63, 3.8) is 0 Å². The molecule has 1 aliphatic heterocycles. The number of likely N-dealkylation sites (tertiary alicyclic amines) is 1. The zero-order valence-corrected chi connectivity index (χ0v) is 15.7. The number of rotatable bonds is 4. The van der Waals surface area contributed by atoms with Gasteiger partial charge in [0.25, 0.3) is 5.91 Å². The second-order valence-electron chi connectivity index (χ2n) is 7.66. The van der Waals surface area contributed by atoms with Gasteiger partial charge in [-0.25, -0.2) is 9.48 Å². The Kier molecular flexibility index (Phi) is 4.59. The lowest BCUT2D eigenvalue weighted by atomic mass is 9.98. The zero-order valence-electron chi connectivity index (χ0n) is 15.7. The molecule has 2 aliphatic rings. The smallest absolute Gasteiger partial charge is 0.319 e. The number of nitrogens with one attached hydrogen (secondary N) is 1. The summed E-state index contributed by atoms with van der Waals surface area (Å²) in [6.07, 6.45) is 5.94. The lowest BCUT2D eigenvalue weighted by Crippen LogP contribution is -2.42. The summed E-state index contributed by atoms with van der Waals surface area (Å²) in [6, 6.07) is 9.30. The van der Waals surface area contributed by atoms with Gasteiger partial charge in [-0.1, -0.05) is 6.07 Å². The number of aromatic nitrogens is 2. The first-order valence-corrected chi connectivity index (χ1v) is 9.40. The molecule has 1 aliphatic carbocycles. The van der Waals surface area contributed by atoms with Crippen LogP contribution in [0.3, 0.4) is 0 Å². The number of amides is 3. The van der Waals surface area contributed by atoms with Gasteiger partial charge in [0.1, 0.15) is 0 Å². The van der Waals surface area contributed by atoms with Gasteiger partial charge in [0.05, 0.1) is 11.7 Å². The van der Waals surface area contributed by atoms with Gasteiger partial charge in [0.15, 0.2) is 0 Å². The van der Waals surface area contributed by atoms with E-state index >= 15 is 0 Å². The molecular weight excluding hydrogens is 342 g/mol. The van der Waals surface area contributed by atoms with Gasteiger partial charge in [-0.15, -0.1) is 0 Å². The van der Waals surface area contributed by atoms with Gasteiger partial charge in [-0.05, 0) is 43.0 Å². The Morgan fingerprint density at radius 1 is 1.19 bits per heavy atom. The van der Waals surface area contributed by atoms with Crippen molar-refractivity contribution in [2.75, 3.05) is 27.2 Å². The van der Waals surface area contributed by atoms with Crippen molar-refractivity contribution >= 4 is 11.9 Å². The lowest BCUT2D eigenvalue weighted by molar-refractivity contribution is 0.0927. The fourth-order valence-electron chi connectivity index (χ4n) is 3.89. The van der Waals surface area contributed by atoms with E-state index in [-0.39, 0.29) is 18.0 Å². The van der Waals surface area contributed by atoms with Crippen molar-refractivity contribution in [1.29, 1.82) is 0 Å². The van der Waals surface area contributed by atoms with Gasteiger partial charge >= 0.3 is 6.03 Å². The number of hydrogen-bond acceptors (Lipinski definition) is 3. The molecule has 1 saturated carbocycles. The van der Waals surface area contributed by atoms with Crippen LogP contribution in [0.25, 0.3) is 5.69 Å². The number of carbonyl (C=O) groups is 2. The SMILES string of the molecule is CN(C)C(=O)N1CC(NC(=O)c2cccc(-n3cccn3)c2)C(C2CC2)C1. The fraction of sp³-hybridized carbons (Fsp3) is 0.450. The van der Waals surface area contributed by atoms with Gasteiger partial charge < -0.3 is 15.1 Å². The monoisotopic (exact) mass is 367 g/mol. The molecule has 0 spiro atoms. The quantitative estimate of drug-likeness (QED) is 0.898. The maximum Gasteiger partial charge on any atom is 0.319 e. The van der Waals surface area contributed by atoms with Crippen LogP contribution in [0.15, 0.2) is 42.7 Å². The van der Waals surface area contributed by atoms with E-state index in [1.807, 2.05) is 41.4 Å². The average Bonchev–Trinajstić information content (AvgIpc) is 3.19. The molecule has 0 bridgehead atoms. The molecule has 2 unspecified atom stereocenters. The number of urea groups is 1. The maximum absolute atomic E-state index is 12.9. The first-order valence-electron chi connectivity index (χ1n) is 9.40. The van der Waals surface area contributed by atoms with Gasteiger partial charge in [0.2, 0.25) is 0 Å². The molecular formula is C20H25N5O2. The van der Waals surface area contributed by atoms with Crippen LogP contribution in [-0.2, 0) is 0 Å². The Balaban J connectivity index is 1.48. The summed E-state index contributed by atoms with van der Waals surface area (Å²) in [5.74, 6) is 0.858. The molecule has 7 heteroatoms. The maximum atomic E-state index is 12.9. The molecule has 2 fully saturated rings. The van der Waals surface area contributed by atoms with E-state index in [9.17, 15) is 9.59 Å². The molecule has 2 heterocycles. The van der Waals surface area contributed by atoms with Crippen LogP contribution in [0.2, 0.25) is 0 Å². The van der Waals surface area contributed by atoms with E-state index in [0.717, 1.165) is 12.2 Å². The highest BCUT2D eigenvalue weighted by atomic mass is 16.2. The number of carbonyl (C=O) groups excluding carboxylic acids is 2. The molecule has 1 aromatic carbocycles. The number of nitrogens with zero attached hydrogens (tertiary/aromatic N) is 4. The van der Waals surface area contributed by atoms with Gasteiger partial charge in [-0.3, -0.25) is 4.79 Å². The topological polar surface area (TPSA) is 70.5 Å². The predicted octanol–water partition coefficient (Wildman–Crippen LogP) is 1.99. The number of benzene rings is 1. The second-order valence-corrected chi connectivity index (χ2v) is 7.66. The third-order valence-corrected chi connectivity index (χ3v) is 5.44. The summed E-state index contributed by atoms with van der Waals surface area (Å²) in [5, 5.41) is 7.40. The molecule has 1 aromatic heterocycles. The zero-order chi connectivity index (χ0) is 19.0. The Labute approximate surface area is 158 Å². The summed E-state index contributed by atoms with van der Waals surface area (Å²) in [6.45, 7) is 1.29. The standard InChI is InChI=1S/C20H25N5O2/c1-23(2)20(27)24-12-17(14-7-8-14)18(13-24)22-19(26)15-5-3-6-16(11-15)25-10-4-9-21-25/h3-6,9-11,14,17-18H,7-8,12-13H2,1-2H3,(H,22,26). The minimum absolute atomic E-state index is 0.00209. The predicted molar refractivity (Wildman–Crippen MR) is 102 cm³/mol. The molecule has 7 nitrogen and oxygen atoms in total. The van der Waals surface area contributed by atoms with Crippen molar-refractivity contribution in [2.24, 2.45) is 11.8 Å². The highest BCUT2D eigenvalue weighted by molar-refractivity contribution is 5.95. The van der Waals surface area contributed by atoms with E-state index in [2.05, 4.69) is 10.4 Å². The van der Waals surface area contributed by atoms with Crippen LogP contribution >= 0.6 is 0 Å². The summed E-state index contributed by atoms with van der Waals surface area (Å²) in [5.41, 5.74) is 1.46. The van der Waals surface area contributed by atoms with Crippen molar-refractivity contribution in [3.05, 3.63) is 48.3 Å². The minimum Gasteiger partial charge on any atom is -0.347 e. The van der Waals surface area contributed by atoms with Crippen molar-refractivity contribution in [1.82, 2.24) is 24.9 Å². The molecule has 2 aromatic rings. The van der Waals surface area contributed by atoms with Crippen molar-refractivity contribution in [3.8, 4) is 5.69 Å². The first kappa shape index (κ1) is 17.6. The largest absolute Gasteiger partial charge is 0.347 e. The third kappa shape index (κ3) is 3.67. The molecule has 3 amide bonds. The van der Waals surface area contributed by atoms with Crippen LogP contribution in [0.1, 0.15) is 23.2 Å². The lowest BCUT2D eigenvalue weighted by Gasteiger charge is -2.21. The highest BCUT2D eigenvalue weighted by Gasteiger charge is 2.44. The first-order chi connectivity index (χ1) is 13.0. The minimum atomic E-state index is -0.0983. The molecule has 1 saturated heterocycles. The van der Waals surface area contributed by atoms with E-state index < -0.39 is 0 Å². The Bertz CT molecular complexity index is 829. The normalized spacial score (nSPS) is 21.9. The molecule has 2 atom stereocenters. The van der Waals surface area contributed by atoms with Crippen LogP contribution in [0.4, 0.5) is 4.79 Å². The Morgan fingerprint density at radius 3 is 2.67 bits per heavy atom. The van der Waals surface area contributed by atoms with Crippen LogP contribution < -0.4 is 5.32 Å². The van der Waals surface area contributed by atoms with E-state index in [1.165, 1.54) is 12.8 Å². The van der Waals surface area contributed by atoms with Crippen molar-refractivity contribution < 1.29 is 9.59 Å². The molecule has 4 rings (SSSR count). The summed E-state index contributed by atoms with van der Waals surface area (Å²) < 4.78 is 1.73. The molecule has 0 radical (unpaired) electrons. The summed E-state index contributed by atoms with van der Waals surface area (Å²) >= 11 is 0.